The lowest BCUT2D eigenvalue weighted by atomic mass is 10.1. The number of anilines is 1. The molecule has 1 aromatic heterocycles. The Balaban J connectivity index is 1.42. The molecule has 4 aromatic rings. The molecule has 1 fully saturated rings. The van der Waals surface area contributed by atoms with E-state index in [2.05, 4.69) is 29.8 Å². The van der Waals surface area contributed by atoms with Gasteiger partial charge in [0, 0.05) is 22.7 Å². The first-order valence-corrected chi connectivity index (χ1v) is 12.9. The van der Waals surface area contributed by atoms with Crippen LogP contribution in [0.2, 0.25) is 0 Å². The summed E-state index contributed by atoms with van der Waals surface area (Å²) in [5.74, 6) is 0.834. The van der Waals surface area contributed by atoms with E-state index >= 15 is 0 Å². The van der Waals surface area contributed by atoms with Gasteiger partial charge in [-0.05, 0) is 48.7 Å². The van der Waals surface area contributed by atoms with Crippen LogP contribution in [0.15, 0.2) is 83.9 Å². The van der Waals surface area contributed by atoms with Gasteiger partial charge in [-0.1, -0.05) is 85.5 Å². The van der Waals surface area contributed by atoms with Crippen LogP contribution in [0, 0.1) is 6.92 Å². The number of hydrogen-bond acceptors (Lipinski definition) is 4. The van der Waals surface area contributed by atoms with Gasteiger partial charge in [0.2, 0.25) is 0 Å². The standard InChI is InChI=1S/C29H26N2O2S2/c1-3-21-11-5-7-13-24(21)31-28(32)27(35-29(31)34)18-22-19-30(25-14-8-6-12-23(22)25)16-17-33-26-15-9-4-10-20(26)2/h4-15,18-19H,3,16-17H2,1-2H3/b27-18-. The van der Waals surface area contributed by atoms with Gasteiger partial charge in [0.05, 0.1) is 17.1 Å². The Kier molecular flexibility index (Phi) is 6.75. The molecular weight excluding hydrogens is 472 g/mol. The van der Waals surface area contributed by atoms with Crippen LogP contribution >= 0.6 is 24.0 Å². The lowest BCUT2D eigenvalue weighted by molar-refractivity contribution is -0.113. The van der Waals surface area contributed by atoms with Gasteiger partial charge >= 0.3 is 0 Å². The number of nitrogens with zero attached hydrogens (tertiary/aromatic N) is 2. The molecule has 5 rings (SSSR count). The molecular formula is C29H26N2O2S2. The second-order valence-electron chi connectivity index (χ2n) is 8.41. The van der Waals surface area contributed by atoms with E-state index in [1.165, 1.54) is 11.8 Å². The first-order chi connectivity index (χ1) is 17.1. The van der Waals surface area contributed by atoms with Crippen molar-refractivity contribution in [1.29, 1.82) is 0 Å². The highest BCUT2D eigenvalue weighted by Crippen LogP contribution is 2.38. The number of ether oxygens (including phenoxy) is 1. The molecule has 0 unspecified atom stereocenters. The van der Waals surface area contributed by atoms with E-state index in [1.54, 1.807) is 4.90 Å². The summed E-state index contributed by atoms with van der Waals surface area (Å²) in [6.07, 6.45) is 4.90. The summed E-state index contributed by atoms with van der Waals surface area (Å²) >= 11 is 6.98. The molecule has 1 saturated heterocycles. The minimum Gasteiger partial charge on any atom is -0.491 e. The SMILES string of the molecule is CCc1ccccc1N1C(=O)/C(=C/c2cn(CCOc3ccccc3C)c3ccccc23)SC1=S. The highest BCUT2D eigenvalue weighted by atomic mass is 32.2. The molecule has 4 nitrogen and oxygen atoms in total. The van der Waals surface area contributed by atoms with Crippen LogP contribution in [0.25, 0.3) is 17.0 Å². The molecule has 0 spiro atoms. The third kappa shape index (κ3) is 4.64. The zero-order chi connectivity index (χ0) is 24.4. The van der Waals surface area contributed by atoms with Gasteiger partial charge < -0.3 is 9.30 Å². The fraction of sp³-hybridized carbons (Fsp3) is 0.172. The fourth-order valence-electron chi connectivity index (χ4n) is 4.39. The van der Waals surface area contributed by atoms with Gasteiger partial charge in [-0.3, -0.25) is 9.69 Å². The van der Waals surface area contributed by atoms with Gasteiger partial charge in [0.15, 0.2) is 4.32 Å². The van der Waals surface area contributed by atoms with E-state index in [1.807, 2.05) is 73.7 Å². The Bertz CT molecular complexity index is 1450. The van der Waals surface area contributed by atoms with Crippen molar-refractivity contribution in [3.8, 4) is 5.75 Å². The molecule has 0 N–H and O–H groups in total. The van der Waals surface area contributed by atoms with Crippen LogP contribution in [-0.2, 0) is 17.8 Å². The van der Waals surface area contributed by atoms with Crippen LogP contribution in [0.4, 0.5) is 5.69 Å². The van der Waals surface area contributed by atoms with Gasteiger partial charge in [-0.2, -0.15) is 0 Å². The van der Waals surface area contributed by atoms with Crippen molar-refractivity contribution in [3.63, 3.8) is 0 Å². The van der Waals surface area contributed by atoms with E-state index in [-0.39, 0.29) is 5.91 Å². The number of aromatic nitrogens is 1. The van der Waals surface area contributed by atoms with Crippen molar-refractivity contribution < 1.29 is 9.53 Å². The normalized spacial score (nSPS) is 14.9. The molecule has 0 atom stereocenters. The second-order valence-corrected chi connectivity index (χ2v) is 10.1. The second kappa shape index (κ2) is 10.1. The summed E-state index contributed by atoms with van der Waals surface area (Å²) in [7, 11) is 0. The number of hydrogen-bond donors (Lipinski definition) is 0. The molecule has 0 radical (unpaired) electrons. The van der Waals surface area contributed by atoms with Gasteiger partial charge in [0.1, 0.15) is 12.4 Å². The molecule has 35 heavy (non-hydrogen) atoms. The molecule has 176 valence electrons. The minimum atomic E-state index is -0.0689. The quantitative estimate of drug-likeness (QED) is 0.203. The summed E-state index contributed by atoms with van der Waals surface area (Å²) in [5.41, 5.74) is 5.21. The van der Waals surface area contributed by atoms with Crippen LogP contribution in [0.1, 0.15) is 23.6 Å². The van der Waals surface area contributed by atoms with Crippen molar-refractivity contribution in [2.24, 2.45) is 0 Å². The number of para-hydroxylation sites is 3. The van der Waals surface area contributed by atoms with Crippen molar-refractivity contribution in [3.05, 3.63) is 101 Å². The number of aryl methyl sites for hydroxylation is 2. The highest BCUT2D eigenvalue weighted by Gasteiger charge is 2.34. The number of thiocarbonyl (C=S) groups is 1. The van der Waals surface area contributed by atoms with Crippen molar-refractivity contribution in [1.82, 2.24) is 4.57 Å². The average molecular weight is 499 g/mol. The Morgan fingerprint density at radius 2 is 1.74 bits per heavy atom. The molecule has 0 bridgehead atoms. The van der Waals surface area contributed by atoms with E-state index < -0.39 is 0 Å². The predicted molar refractivity (Wildman–Crippen MR) is 150 cm³/mol. The van der Waals surface area contributed by atoms with Crippen LogP contribution in [-0.4, -0.2) is 21.4 Å². The minimum absolute atomic E-state index is 0.0689. The van der Waals surface area contributed by atoms with Crippen LogP contribution in [0.3, 0.4) is 0 Å². The lowest BCUT2D eigenvalue weighted by Crippen LogP contribution is -2.28. The van der Waals surface area contributed by atoms with Crippen molar-refractivity contribution in [2.45, 2.75) is 26.8 Å². The van der Waals surface area contributed by atoms with Crippen LogP contribution < -0.4 is 9.64 Å². The van der Waals surface area contributed by atoms with Crippen molar-refractivity contribution in [2.75, 3.05) is 11.5 Å². The lowest BCUT2D eigenvalue weighted by Gasteiger charge is -2.17. The molecule has 0 saturated carbocycles. The number of rotatable bonds is 7. The molecule has 0 aliphatic carbocycles. The largest absolute Gasteiger partial charge is 0.491 e. The summed E-state index contributed by atoms with van der Waals surface area (Å²) in [5, 5.41) is 1.10. The smallest absolute Gasteiger partial charge is 0.270 e. The van der Waals surface area contributed by atoms with E-state index in [4.69, 9.17) is 17.0 Å². The van der Waals surface area contributed by atoms with E-state index in [0.717, 1.165) is 45.5 Å². The summed E-state index contributed by atoms with van der Waals surface area (Å²) in [6.45, 7) is 5.39. The van der Waals surface area contributed by atoms with Crippen molar-refractivity contribution >= 4 is 56.9 Å². The first kappa shape index (κ1) is 23.4. The van der Waals surface area contributed by atoms with Gasteiger partial charge in [-0.15, -0.1) is 0 Å². The maximum absolute atomic E-state index is 13.4. The Morgan fingerprint density at radius 3 is 2.57 bits per heavy atom. The molecule has 1 amide bonds. The number of carbonyl (C=O) groups excluding carboxylic acids is 1. The number of benzene rings is 3. The predicted octanol–water partition coefficient (Wildman–Crippen LogP) is 7.00. The number of carbonyl (C=O) groups is 1. The molecule has 1 aliphatic rings. The zero-order valence-corrected chi connectivity index (χ0v) is 21.4. The third-order valence-electron chi connectivity index (χ3n) is 6.20. The summed E-state index contributed by atoms with van der Waals surface area (Å²) < 4.78 is 8.78. The molecule has 6 heteroatoms. The molecule has 3 aromatic carbocycles. The van der Waals surface area contributed by atoms with Gasteiger partial charge in [-0.25, -0.2) is 0 Å². The maximum Gasteiger partial charge on any atom is 0.270 e. The maximum atomic E-state index is 13.4. The Labute approximate surface area is 215 Å². The van der Waals surface area contributed by atoms with Crippen LogP contribution in [0.5, 0.6) is 5.75 Å². The zero-order valence-electron chi connectivity index (χ0n) is 19.7. The summed E-state index contributed by atoms with van der Waals surface area (Å²) in [6, 6.07) is 24.2. The first-order valence-electron chi connectivity index (χ1n) is 11.7. The summed E-state index contributed by atoms with van der Waals surface area (Å²) in [4.78, 5) is 15.7. The number of fused-ring (bicyclic) bond motifs is 1. The molecule has 2 heterocycles. The average Bonchev–Trinajstić information content (AvgIpc) is 3.36. The number of thioether (sulfide) groups is 1. The topological polar surface area (TPSA) is 34.5 Å². The third-order valence-corrected chi connectivity index (χ3v) is 7.50. The molecule has 1 aliphatic heterocycles. The Hall–Kier alpha value is -3.35. The highest BCUT2D eigenvalue weighted by molar-refractivity contribution is 8.27. The Morgan fingerprint density at radius 1 is 1.00 bits per heavy atom. The number of amides is 1. The van der Waals surface area contributed by atoms with E-state index in [0.29, 0.717) is 22.4 Å². The monoisotopic (exact) mass is 498 g/mol. The van der Waals surface area contributed by atoms with E-state index in [9.17, 15) is 4.79 Å². The van der Waals surface area contributed by atoms with Gasteiger partial charge in [0.25, 0.3) is 5.91 Å². The fourth-order valence-corrected chi connectivity index (χ4v) is 5.67.